The second-order valence-electron chi connectivity index (χ2n) is 4.31. The normalized spacial score (nSPS) is 14.2. The minimum Gasteiger partial charge on any atom is -0.481 e. The zero-order valence-electron chi connectivity index (χ0n) is 10.2. The van der Waals surface area contributed by atoms with Crippen LogP contribution in [0, 0.1) is 19.8 Å². The van der Waals surface area contributed by atoms with Crippen LogP contribution in [0.5, 0.6) is 0 Å². The standard InChI is InChI=1S/C13H19NO2/c1-8-6-5-7-12(9(8)2)14-11(4)10(3)13(15)16/h5-7,10-11,14H,1-4H3,(H,15,16). The molecule has 0 aromatic heterocycles. The van der Waals surface area contributed by atoms with Crippen molar-refractivity contribution in [3.05, 3.63) is 29.3 Å². The number of hydrogen-bond acceptors (Lipinski definition) is 2. The lowest BCUT2D eigenvalue weighted by Gasteiger charge is -2.21. The van der Waals surface area contributed by atoms with Crippen LogP contribution in [0.3, 0.4) is 0 Å². The second-order valence-corrected chi connectivity index (χ2v) is 4.31. The van der Waals surface area contributed by atoms with E-state index in [1.54, 1.807) is 6.92 Å². The number of carboxylic acid groups (broad SMARTS) is 1. The third-order valence-electron chi connectivity index (χ3n) is 3.13. The van der Waals surface area contributed by atoms with E-state index in [1.807, 2.05) is 39.0 Å². The molecule has 88 valence electrons. The average Bonchev–Trinajstić information content (AvgIpc) is 2.23. The van der Waals surface area contributed by atoms with Crippen molar-refractivity contribution in [2.45, 2.75) is 33.7 Å². The summed E-state index contributed by atoms with van der Waals surface area (Å²) in [4.78, 5) is 10.8. The van der Waals surface area contributed by atoms with Crippen LogP contribution in [-0.4, -0.2) is 17.1 Å². The highest BCUT2D eigenvalue weighted by atomic mass is 16.4. The molecule has 3 nitrogen and oxygen atoms in total. The van der Waals surface area contributed by atoms with Crippen molar-refractivity contribution in [1.82, 2.24) is 0 Å². The molecule has 0 heterocycles. The zero-order valence-corrected chi connectivity index (χ0v) is 10.2. The topological polar surface area (TPSA) is 49.3 Å². The Balaban J connectivity index is 2.81. The quantitative estimate of drug-likeness (QED) is 0.822. The number of aryl methyl sites for hydroxylation is 1. The number of benzene rings is 1. The van der Waals surface area contributed by atoms with E-state index in [4.69, 9.17) is 5.11 Å². The fourth-order valence-electron chi connectivity index (χ4n) is 1.49. The molecule has 0 aliphatic carbocycles. The van der Waals surface area contributed by atoms with Gasteiger partial charge in [-0.25, -0.2) is 0 Å². The summed E-state index contributed by atoms with van der Waals surface area (Å²) in [6.07, 6.45) is 0. The first-order chi connectivity index (χ1) is 7.43. The molecule has 16 heavy (non-hydrogen) atoms. The largest absolute Gasteiger partial charge is 0.481 e. The molecule has 2 atom stereocenters. The van der Waals surface area contributed by atoms with Crippen molar-refractivity contribution in [2.24, 2.45) is 5.92 Å². The van der Waals surface area contributed by atoms with E-state index in [9.17, 15) is 4.79 Å². The van der Waals surface area contributed by atoms with E-state index in [0.717, 1.165) is 5.69 Å². The molecule has 0 amide bonds. The van der Waals surface area contributed by atoms with Gasteiger partial charge in [0, 0.05) is 11.7 Å². The number of carboxylic acids is 1. The van der Waals surface area contributed by atoms with E-state index >= 15 is 0 Å². The molecule has 0 bridgehead atoms. The van der Waals surface area contributed by atoms with Crippen LogP contribution in [0.1, 0.15) is 25.0 Å². The van der Waals surface area contributed by atoms with Gasteiger partial charge in [0.2, 0.25) is 0 Å². The summed E-state index contributed by atoms with van der Waals surface area (Å²) in [5.74, 6) is -1.18. The van der Waals surface area contributed by atoms with Gasteiger partial charge in [0.05, 0.1) is 5.92 Å². The van der Waals surface area contributed by atoms with Crippen molar-refractivity contribution in [3.8, 4) is 0 Å². The Hall–Kier alpha value is -1.51. The van der Waals surface area contributed by atoms with Gasteiger partial charge in [-0.05, 0) is 44.9 Å². The lowest BCUT2D eigenvalue weighted by Crippen LogP contribution is -2.30. The fourth-order valence-corrected chi connectivity index (χ4v) is 1.49. The van der Waals surface area contributed by atoms with Crippen molar-refractivity contribution in [2.75, 3.05) is 5.32 Å². The van der Waals surface area contributed by atoms with Gasteiger partial charge in [-0.3, -0.25) is 4.79 Å². The van der Waals surface area contributed by atoms with Crippen LogP contribution in [0.4, 0.5) is 5.69 Å². The summed E-state index contributed by atoms with van der Waals surface area (Å²) in [6, 6.07) is 5.92. The van der Waals surface area contributed by atoms with E-state index in [2.05, 4.69) is 5.32 Å². The average molecular weight is 221 g/mol. The predicted octanol–water partition coefficient (Wildman–Crippen LogP) is 2.82. The van der Waals surface area contributed by atoms with Crippen molar-refractivity contribution >= 4 is 11.7 Å². The Bertz CT molecular complexity index is 388. The molecular formula is C13H19NO2. The van der Waals surface area contributed by atoms with E-state index in [1.165, 1.54) is 11.1 Å². The summed E-state index contributed by atoms with van der Waals surface area (Å²) in [6.45, 7) is 7.69. The Morgan fingerprint density at radius 3 is 2.50 bits per heavy atom. The lowest BCUT2D eigenvalue weighted by atomic mass is 10.0. The van der Waals surface area contributed by atoms with Crippen LogP contribution >= 0.6 is 0 Å². The van der Waals surface area contributed by atoms with E-state index < -0.39 is 11.9 Å². The Kier molecular flexibility index (Phi) is 3.93. The van der Waals surface area contributed by atoms with E-state index in [0.29, 0.717) is 0 Å². The molecule has 1 aromatic rings. The lowest BCUT2D eigenvalue weighted by molar-refractivity contribution is -0.141. The summed E-state index contributed by atoms with van der Waals surface area (Å²) in [7, 11) is 0. The molecule has 0 aliphatic rings. The minimum absolute atomic E-state index is 0.0852. The molecule has 1 aromatic carbocycles. The smallest absolute Gasteiger partial charge is 0.308 e. The summed E-state index contributed by atoms with van der Waals surface area (Å²) >= 11 is 0. The number of anilines is 1. The van der Waals surface area contributed by atoms with Crippen LogP contribution in [-0.2, 0) is 4.79 Å². The third kappa shape index (κ3) is 2.75. The highest BCUT2D eigenvalue weighted by molar-refractivity contribution is 5.71. The number of nitrogens with one attached hydrogen (secondary N) is 1. The Labute approximate surface area is 96.5 Å². The van der Waals surface area contributed by atoms with Gasteiger partial charge < -0.3 is 10.4 Å². The molecule has 0 saturated heterocycles. The van der Waals surface area contributed by atoms with Gasteiger partial charge in [0.1, 0.15) is 0 Å². The van der Waals surface area contributed by atoms with Gasteiger partial charge in [-0.15, -0.1) is 0 Å². The molecule has 0 saturated carbocycles. The van der Waals surface area contributed by atoms with Gasteiger partial charge in [0.15, 0.2) is 0 Å². The highest BCUT2D eigenvalue weighted by Crippen LogP contribution is 2.20. The van der Waals surface area contributed by atoms with Crippen LogP contribution < -0.4 is 5.32 Å². The number of carbonyl (C=O) groups is 1. The summed E-state index contributed by atoms with van der Waals surface area (Å²) < 4.78 is 0. The van der Waals surface area contributed by atoms with Gasteiger partial charge >= 0.3 is 5.97 Å². The van der Waals surface area contributed by atoms with Crippen LogP contribution in [0.25, 0.3) is 0 Å². The maximum atomic E-state index is 10.8. The van der Waals surface area contributed by atoms with Crippen molar-refractivity contribution in [1.29, 1.82) is 0 Å². The number of hydrogen-bond donors (Lipinski definition) is 2. The monoisotopic (exact) mass is 221 g/mol. The fraction of sp³-hybridized carbons (Fsp3) is 0.462. The van der Waals surface area contributed by atoms with Crippen LogP contribution in [0.2, 0.25) is 0 Å². The van der Waals surface area contributed by atoms with Gasteiger partial charge in [-0.2, -0.15) is 0 Å². The third-order valence-corrected chi connectivity index (χ3v) is 3.13. The molecule has 2 N–H and O–H groups in total. The highest BCUT2D eigenvalue weighted by Gasteiger charge is 2.19. The van der Waals surface area contributed by atoms with Crippen molar-refractivity contribution < 1.29 is 9.90 Å². The van der Waals surface area contributed by atoms with E-state index in [-0.39, 0.29) is 6.04 Å². The Morgan fingerprint density at radius 1 is 1.31 bits per heavy atom. The maximum Gasteiger partial charge on any atom is 0.308 e. The predicted molar refractivity (Wildman–Crippen MR) is 65.8 cm³/mol. The molecular weight excluding hydrogens is 202 g/mol. The van der Waals surface area contributed by atoms with Gasteiger partial charge in [0.25, 0.3) is 0 Å². The molecule has 0 radical (unpaired) electrons. The number of aliphatic carboxylic acids is 1. The molecule has 0 fully saturated rings. The SMILES string of the molecule is Cc1cccc(NC(C)C(C)C(=O)O)c1C. The minimum atomic E-state index is -0.773. The van der Waals surface area contributed by atoms with Crippen LogP contribution in [0.15, 0.2) is 18.2 Å². The number of rotatable bonds is 4. The van der Waals surface area contributed by atoms with Gasteiger partial charge in [-0.1, -0.05) is 12.1 Å². The Morgan fingerprint density at radius 2 is 1.94 bits per heavy atom. The first kappa shape index (κ1) is 12.6. The molecule has 2 unspecified atom stereocenters. The molecule has 3 heteroatoms. The van der Waals surface area contributed by atoms with Crippen molar-refractivity contribution in [3.63, 3.8) is 0 Å². The molecule has 0 aliphatic heterocycles. The second kappa shape index (κ2) is 5.01. The zero-order chi connectivity index (χ0) is 12.3. The first-order valence-electron chi connectivity index (χ1n) is 5.49. The summed E-state index contributed by atoms with van der Waals surface area (Å²) in [5.41, 5.74) is 3.40. The molecule has 0 spiro atoms. The maximum absolute atomic E-state index is 10.8. The molecule has 1 rings (SSSR count). The summed E-state index contributed by atoms with van der Waals surface area (Å²) in [5, 5.41) is 12.2. The first-order valence-corrected chi connectivity index (χ1v) is 5.49.